The Morgan fingerprint density at radius 2 is 1.94 bits per heavy atom. The highest BCUT2D eigenvalue weighted by Crippen LogP contribution is 2.38. The molecule has 1 atom stereocenters. The topological polar surface area (TPSA) is 0 Å². The molecule has 17 heavy (non-hydrogen) atoms. The fraction of sp³-hybridized carbons (Fsp3) is 0.231. The van der Waals surface area contributed by atoms with E-state index in [0.717, 1.165) is 10.0 Å². The summed E-state index contributed by atoms with van der Waals surface area (Å²) in [4.78, 5) is 2.61. The average molecular weight is 442 g/mol. The number of hydrogen-bond donors (Lipinski definition) is 0. The van der Waals surface area contributed by atoms with Gasteiger partial charge in [0.1, 0.15) is 0 Å². The zero-order valence-electron chi connectivity index (χ0n) is 9.43. The summed E-state index contributed by atoms with van der Waals surface area (Å²) in [6.07, 6.45) is 0. The zero-order chi connectivity index (χ0) is 12.6. The molecule has 1 heterocycles. The quantitative estimate of drug-likeness (QED) is 0.393. The van der Waals surface area contributed by atoms with E-state index in [4.69, 9.17) is 11.6 Å². The molecule has 90 valence electrons. The second kappa shape index (κ2) is 5.59. The molecule has 0 amide bonds. The van der Waals surface area contributed by atoms with Crippen LogP contribution in [-0.4, -0.2) is 0 Å². The van der Waals surface area contributed by atoms with Crippen LogP contribution in [0.25, 0.3) is 0 Å². The van der Waals surface area contributed by atoms with Crippen LogP contribution in [0, 0.1) is 17.4 Å². The minimum atomic E-state index is -0.0796. The lowest BCUT2D eigenvalue weighted by Gasteiger charge is -2.12. The van der Waals surface area contributed by atoms with E-state index in [1.807, 2.05) is 0 Å². The van der Waals surface area contributed by atoms with Crippen LogP contribution in [0.1, 0.15) is 26.3 Å². The molecule has 0 N–H and O–H groups in total. The number of halogens is 3. The Balaban J connectivity index is 2.46. The number of thiophene rings is 1. The van der Waals surface area contributed by atoms with Gasteiger partial charge in [-0.25, -0.2) is 0 Å². The summed E-state index contributed by atoms with van der Waals surface area (Å²) in [5, 5.41) is -0.0796. The second-order valence-electron chi connectivity index (χ2n) is 3.90. The van der Waals surface area contributed by atoms with Crippen molar-refractivity contribution >= 4 is 61.5 Å². The van der Waals surface area contributed by atoms with E-state index in [2.05, 4.69) is 76.6 Å². The van der Waals surface area contributed by atoms with Crippen LogP contribution in [-0.2, 0) is 0 Å². The molecule has 0 aliphatic heterocycles. The predicted molar refractivity (Wildman–Crippen MR) is 88.3 cm³/mol. The minimum absolute atomic E-state index is 0.0796. The first-order valence-electron chi connectivity index (χ1n) is 5.15. The van der Waals surface area contributed by atoms with Crippen molar-refractivity contribution in [1.82, 2.24) is 0 Å². The Labute approximate surface area is 133 Å². The highest BCUT2D eigenvalue weighted by Gasteiger charge is 2.18. The lowest BCUT2D eigenvalue weighted by molar-refractivity contribution is 1.12. The van der Waals surface area contributed by atoms with E-state index < -0.39 is 0 Å². The van der Waals surface area contributed by atoms with Crippen molar-refractivity contribution in [3.63, 3.8) is 0 Å². The maximum atomic E-state index is 6.60. The van der Waals surface area contributed by atoms with Gasteiger partial charge in [-0.2, -0.15) is 0 Å². The molecule has 0 bridgehead atoms. The van der Waals surface area contributed by atoms with Gasteiger partial charge in [-0.1, -0.05) is 15.9 Å². The zero-order valence-corrected chi connectivity index (χ0v) is 14.7. The van der Waals surface area contributed by atoms with Crippen LogP contribution in [0.15, 0.2) is 28.7 Å². The van der Waals surface area contributed by atoms with Crippen LogP contribution >= 0.6 is 61.5 Å². The van der Waals surface area contributed by atoms with E-state index in [9.17, 15) is 0 Å². The van der Waals surface area contributed by atoms with Crippen LogP contribution < -0.4 is 0 Å². The van der Waals surface area contributed by atoms with Crippen molar-refractivity contribution in [3.05, 3.63) is 53.2 Å². The lowest BCUT2D eigenvalue weighted by Crippen LogP contribution is -1.95. The summed E-state index contributed by atoms with van der Waals surface area (Å²) < 4.78 is 2.28. The van der Waals surface area contributed by atoms with Crippen molar-refractivity contribution < 1.29 is 0 Å². The fourth-order valence-corrected chi connectivity index (χ4v) is 4.34. The summed E-state index contributed by atoms with van der Waals surface area (Å²) in [6, 6.07) is 8.45. The first kappa shape index (κ1) is 13.8. The molecule has 4 heteroatoms. The van der Waals surface area contributed by atoms with Gasteiger partial charge in [-0.3, -0.25) is 0 Å². The Morgan fingerprint density at radius 3 is 2.53 bits per heavy atom. The highest BCUT2D eigenvalue weighted by molar-refractivity contribution is 14.1. The van der Waals surface area contributed by atoms with Crippen molar-refractivity contribution in [2.75, 3.05) is 0 Å². The summed E-state index contributed by atoms with van der Waals surface area (Å²) in [6.45, 7) is 4.25. The fourth-order valence-electron chi connectivity index (χ4n) is 1.78. The Morgan fingerprint density at radius 1 is 1.24 bits per heavy atom. The molecule has 0 spiro atoms. The van der Waals surface area contributed by atoms with Gasteiger partial charge in [0.15, 0.2) is 0 Å². The van der Waals surface area contributed by atoms with Gasteiger partial charge in [0.2, 0.25) is 0 Å². The summed E-state index contributed by atoms with van der Waals surface area (Å²) in [7, 11) is 0. The standard InChI is InChI=1S/C13H11BrClIS/c1-7-5-10(8(2)17-7)13(15)11-6-9(16)3-4-12(11)14/h3-6,13H,1-2H3. The monoisotopic (exact) mass is 440 g/mol. The normalized spacial score (nSPS) is 12.8. The van der Waals surface area contributed by atoms with Crippen molar-refractivity contribution in [3.8, 4) is 0 Å². The summed E-state index contributed by atoms with van der Waals surface area (Å²) in [5.41, 5.74) is 2.36. The minimum Gasteiger partial charge on any atom is -0.146 e. The third-order valence-electron chi connectivity index (χ3n) is 2.58. The van der Waals surface area contributed by atoms with Crippen molar-refractivity contribution in [2.45, 2.75) is 19.2 Å². The number of aryl methyl sites for hydroxylation is 2. The van der Waals surface area contributed by atoms with E-state index in [0.29, 0.717) is 0 Å². The van der Waals surface area contributed by atoms with Gasteiger partial charge in [0.25, 0.3) is 0 Å². The van der Waals surface area contributed by atoms with Gasteiger partial charge >= 0.3 is 0 Å². The Bertz CT molecular complexity index is 550. The van der Waals surface area contributed by atoms with Crippen LogP contribution in [0.5, 0.6) is 0 Å². The first-order valence-corrected chi connectivity index (χ1v) is 8.27. The molecule has 0 radical (unpaired) electrons. The molecule has 0 fully saturated rings. The Hall–Kier alpha value is 0.420. The van der Waals surface area contributed by atoms with Gasteiger partial charge in [-0.15, -0.1) is 22.9 Å². The third kappa shape index (κ3) is 3.06. The van der Waals surface area contributed by atoms with Gasteiger partial charge in [0.05, 0.1) is 5.38 Å². The SMILES string of the molecule is Cc1cc(C(Cl)c2cc(I)ccc2Br)c(C)s1. The maximum Gasteiger partial charge on any atom is 0.0857 e. The van der Waals surface area contributed by atoms with Crippen molar-refractivity contribution in [1.29, 1.82) is 0 Å². The van der Waals surface area contributed by atoms with E-state index in [1.165, 1.54) is 18.9 Å². The predicted octanol–water partition coefficient (Wildman–Crippen LogP) is 6.06. The highest BCUT2D eigenvalue weighted by atomic mass is 127. The molecule has 0 aliphatic rings. The van der Waals surface area contributed by atoms with E-state index >= 15 is 0 Å². The molecule has 1 aromatic carbocycles. The van der Waals surface area contributed by atoms with Crippen molar-refractivity contribution in [2.24, 2.45) is 0 Å². The molecule has 0 saturated carbocycles. The molecule has 0 aliphatic carbocycles. The second-order valence-corrected chi connectivity index (χ2v) is 7.89. The molecular weight excluding hydrogens is 430 g/mol. The van der Waals surface area contributed by atoms with E-state index in [1.54, 1.807) is 11.3 Å². The molecule has 2 rings (SSSR count). The smallest absolute Gasteiger partial charge is 0.0857 e. The first-order chi connectivity index (χ1) is 7.99. The number of benzene rings is 1. The largest absolute Gasteiger partial charge is 0.146 e. The van der Waals surface area contributed by atoms with Crippen LogP contribution in [0.4, 0.5) is 0 Å². The molecule has 1 unspecified atom stereocenters. The molecule has 0 nitrogen and oxygen atoms in total. The molecule has 0 saturated heterocycles. The Kier molecular flexibility index (Phi) is 4.55. The van der Waals surface area contributed by atoms with Gasteiger partial charge < -0.3 is 0 Å². The molecule has 2 aromatic rings. The summed E-state index contributed by atoms with van der Waals surface area (Å²) in [5.74, 6) is 0. The summed E-state index contributed by atoms with van der Waals surface area (Å²) >= 11 is 14.3. The molecular formula is C13H11BrClIS. The maximum absolute atomic E-state index is 6.60. The number of hydrogen-bond acceptors (Lipinski definition) is 1. The number of alkyl halides is 1. The third-order valence-corrected chi connectivity index (χ3v) is 5.43. The van der Waals surface area contributed by atoms with Gasteiger partial charge in [0, 0.05) is 17.8 Å². The molecule has 1 aromatic heterocycles. The van der Waals surface area contributed by atoms with E-state index in [-0.39, 0.29) is 5.38 Å². The average Bonchev–Trinajstić information content (AvgIpc) is 2.60. The van der Waals surface area contributed by atoms with Crippen LogP contribution in [0.2, 0.25) is 0 Å². The number of rotatable bonds is 2. The van der Waals surface area contributed by atoms with Crippen LogP contribution in [0.3, 0.4) is 0 Å². The lowest BCUT2D eigenvalue weighted by atomic mass is 10.1. The van der Waals surface area contributed by atoms with Gasteiger partial charge in [-0.05, 0) is 71.8 Å².